The van der Waals surface area contributed by atoms with E-state index in [0.29, 0.717) is 30.0 Å². The van der Waals surface area contributed by atoms with E-state index in [2.05, 4.69) is 13.8 Å². The fourth-order valence-electron chi connectivity index (χ4n) is 8.10. The van der Waals surface area contributed by atoms with Crippen LogP contribution >= 0.6 is 0 Å². The van der Waals surface area contributed by atoms with Gasteiger partial charge in [0.05, 0.1) is 12.4 Å². The van der Waals surface area contributed by atoms with Crippen molar-refractivity contribution in [2.75, 3.05) is 0 Å². The molecule has 4 nitrogen and oxygen atoms in total. The summed E-state index contributed by atoms with van der Waals surface area (Å²) in [6.45, 7) is 4.76. The van der Waals surface area contributed by atoms with Crippen LogP contribution in [-0.4, -0.2) is 17.0 Å². The molecule has 8 atom stereocenters. The number of Topliss-reactive ketones (excluding diaryl/α,β-unsaturated/α-hetero) is 1. The van der Waals surface area contributed by atoms with Gasteiger partial charge in [0.1, 0.15) is 5.78 Å². The molecule has 4 saturated carbocycles. The first-order chi connectivity index (χ1) is 13.3. The van der Waals surface area contributed by atoms with Crippen LogP contribution < -0.4 is 5.63 Å². The Morgan fingerprint density at radius 3 is 2.57 bits per heavy atom. The third kappa shape index (κ3) is 2.52. The van der Waals surface area contributed by atoms with Crippen molar-refractivity contribution in [2.45, 2.75) is 77.2 Å². The molecule has 0 bridgehead atoms. The summed E-state index contributed by atoms with van der Waals surface area (Å²) in [6, 6.07) is 3.35. The third-order valence-corrected chi connectivity index (χ3v) is 9.52. The molecule has 0 aliphatic heterocycles. The quantitative estimate of drug-likeness (QED) is 0.784. The molecular formula is C24H32O4. The highest BCUT2D eigenvalue weighted by molar-refractivity contribution is 5.86. The number of carbonyl (C=O) groups excluding carboxylic acids is 1. The van der Waals surface area contributed by atoms with Gasteiger partial charge < -0.3 is 9.52 Å². The normalized spacial score (nSPS) is 47.9. The number of ketones is 1. The zero-order valence-electron chi connectivity index (χ0n) is 17.0. The van der Waals surface area contributed by atoms with E-state index in [1.807, 2.05) is 6.07 Å². The van der Waals surface area contributed by atoms with Crippen LogP contribution in [0.4, 0.5) is 0 Å². The van der Waals surface area contributed by atoms with Gasteiger partial charge in [-0.2, -0.15) is 0 Å². The van der Waals surface area contributed by atoms with Gasteiger partial charge >= 0.3 is 5.63 Å². The minimum atomic E-state index is -0.329. The molecule has 0 unspecified atom stereocenters. The van der Waals surface area contributed by atoms with E-state index in [-0.39, 0.29) is 34.4 Å². The van der Waals surface area contributed by atoms with Gasteiger partial charge in [0.2, 0.25) is 0 Å². The summed E-state index contributed by atoms with van der Waals surface area (Å²) in [5.74, 6) is 2.40. The van der Waals surface area contributed by atoms with Crippen LogP contribution in [0.25, 0.3) is 0 Å². The van der Waals surface area contributed by atoms with Gasteiger partial charge in [0.25, 0.3) is 0 Å². The maximum absolute atomic E-state index is 13.3. The van der Waals surface area contributed by atoms with E-state index in [4.69, 9.17) is 4.42 Å². The highest BCUT2D eigenvalue weighted by atomic mass is 16.4. The van der Waals surface area contributed by atoms with E-state index in [9.17, 15) is 14.7 Å². The van der Waals surface area contributed by atoms with Crippen molar-refractivity contribution in [3.63, 3.8) is 0 Å². The molecule has 28 heavy (non-hydrogen) atoms. The lowest BCUT2D eigenvalue weighted by Gasteiger charge is -2.60. The minimum absolute atomic E-state index is 0.0322. The van der Waals surface area contributed by atoms with Gasteiger partial charge in [0.15, 0.2) is 0 Å². The number of hydrogen-bond donors (Lipinski definition) is 1. The number of fused-ring (bicyclic) bond motifs is 5. The monoisotopic (exact) mass is 384 g/mol. The molecule has 4 aliphatic rings. The average Bonchev–Trinajstić information content (AvgIpc) is 2.94. The zero-order valence-corrected chi connectivity index (χ0v) is 17.0. The van der Waals surface area contributed by atoms with Crippen LogP contribution in [0, 0.1) is 34.5 Å². The smallest absolute Gasteiger partial charge is 0.335 e. The maximum Gasteiger partial charge on any atom is 0.335 e. The second kappa shape index (κ2) is 6.29. The van der Waals surface area contributed by atoms with Crippen LogP contribution in [0.3, 0.4) is 0 Å². The number of carbonyl (C=O) groups is 1. The molecule has 0 radical (unpaired) electrons. The van der Waals surface area contributed by atoms with Gasteiger partial charge in [-0.3, -0.25) is 4.79 Å². The Bertz CT molecular complexity index is 823. The lowest BCUT2D eigenvalue weighted by atomic mass is 9.44. The van der Waals surface area contributed by atoms with Crippen LogP contribution in [-0.2, 0) is 4.79 Å². The van der Waals surface area contributed by atoms with Crippen molar-refractivity contribution in [2.24, 2.45) is 34.5 Å². The van der Waals surface area contributed by atoms with Crippen LogP contribution in [0.1, 0.15) is 76.7 Å². The van der Waals surface area contributed by atoms with Crippen LogP contribution in [0.5, 0.6) is 0 Å². The topological polar surface area (TPSA) is 67.5 Å². The maximum atomic E-state index is 13.3. The summed E-state index contributed by atoms with van der Waals surface area (Å²) in [6.07, 6.45) is 9.52. The molecule has 4 aliphatic carbocycles. The molecule has 0 spiro atoms. The minimum Gasteiger partial charge on any atom is -0.431 e. The zero-order chi connectivity index (χ0) is 19.7. The average molecular weight is 385 g/mol. The summed E-state index contributed by atoms with van der Waals surface area (Å²) in [5, 5.41) is 10.2. The SMILES string of the molecule is C[C@]12CC[C@H](O)C[C@@H]1CC[C@H]1[C@H]2CC[C@]2(C)[C@@H](c3ccc(=O)oc3)CC(=O)[C@H]12. The second-order valence-electron chi connectivity index (χ2n) is 10.6. The van der Waals surface area contributed by atoms with Crippen molar-refractivity contribution in [1.29, 1.82) is 0 Å². The predicted molar refractivity (Wildman–Crippen MR) is 106 cm³/mol. The van der Waals surface area contributed by atoms with Gasteiger partial charge in [-0.25, -0.2) is 4.79 Å². The molecule has 0 aromatic carbocycles. The fourth-order valence-corrected chi connectivity index (χ4v) is 8.10. The first-order valence-corrected chi connectivity index (χ1v) is 11.1. The molecule has 0 amide bonds. The molecule has 1 N–H and O–H groups in total. The van der Waals surface area contributed by atoms with Gasteiger partial charge in [0, 0.05) is 18.4 Å². The Morgan fingerprint density at radius 1 is 1.04 bits per heavy atom. The summed E-state index contributed by atoms with van der Waals surface area (Å²) >= 11 is 0. The molecule has 4 fully saturated rings. The highest BCUT2D eigenvalue weighted by Crippen LogP contribution is 2.68. The summed E-state index contributed by atoms with van der Waals surface area (Å²) in [5.41, 5.74) is 0.929. The summed E-state index contributed by atoms with van der Waals surface area (Å²) < 4.78 is 5.14. The van der Waals surface area contributed by atoms with Gasteiger partial charge in [-0.05, 0) is 91.1 Å². The van der Waals surface area contributed by atoms with Crippen LogP contribution in [0.15, 0.2) is 27.6 Å². The number of aliphatic hydroxyl groups is 1. The fraction of sp³-hybridized carbons (Fsp3) is 0.750. The van der Waals surface area contributed by atoms with Crippen molar-refractivity contribution in [3.05, 3.63) is 34.4 Å². The first-order valence-electron chi connectivity index (χ1n) is 11.1. The molecule has 1 aromatic rings. The second-order valence-corrected chi connectivity index (χ2v) is 10.6. The molecule has 1 heterocycles. The molecule has 5 rings (SSSR count). The number of aliphatic hydroxyl groups excluding tert-OH is 1. The molecule has 152 valence electrons. The Morgan fingerprint density at radius 2 is 1.82 bits per heavy atom. The van der Waals surface area contributed by atoms with E-state index >= 15 is 0 Å². The summed E-state index contributed by atoms with van der Waals surface area (Å²) in [4.78, 5) is 24.7. The van der Waals surface area contributed by atoms with E-state index in [1.165, 1.54) is 12.5 Å². The molecule has 1 aromatic heterocycles. The van der Waals surface area contributed by atoms with Gasteiger partial charge in [-0.1, -0.05) is 13.8 Å². The highest BCUT2D eigenvalue weighted by Gasteiger charge is 2.63. The largest absolute Gasteiger partial charge is 0.431 e. The van der Waals surface area contributed by atoms with E-state index < -0.39 is 0 Å². The molecular weight excluding hydrogens is 352 g/mol. The Hall–Kier alpha value is -1.42. The predicted octanol–water partition coefficient (Wildman–Crippen LogP) is 4.31. The lowest BCUT2D eigenvalue weighted by Crippen LogP contribution is -2.54. The van der Waals surface area contributed by atoms with E-state index in [1.54, 1.807) is 6.26 Å². The Kier molecular flexibility index (Phi) is 4.18. The number of hydrogen-bond acceptors (Lipinski definition) is 4. The molecule has 4 heteroatoms. The van der Waals surface area contributed by atoms with Crippen molar-refractivity contribution < 1.29 is 14.3 Å². The lowest BCUT2D eigenvalue weighted by molar-refractivity contribution is -0.144. The first kappa shape index (κ1) is 18.6. The van der Waals surface area contributed by atoms with Crippen molar-refractivity contribution in [1.82, 2.24) is 0 Å². The third-order valence-electron chi connectivity index (χ3n) is 9.52. The van der Waals surface area contributed by atoms with Crippen LogP contribution in [0.2, 0.25) is 0 Å². The van der Waals surface area contributed by atoms with E-state index in [0.717, 1.165) is 44.1 Å². The standard InChI is InChI=1S/C24H32O4/c1-23-9-7-16(25)11-15(23)4-5-17-18(23)8-10-24(2)19(12-20(26)22(17)24)14-3-6-21(27)28-13-14/h3,6,13,15-19,22,25H,4-5,7-12H2,1-2H3/t15-,16-,17-,18+,19+,22-,23-,24+/m0/s1. The van der Waals surface area contributed by atoms with Gasteiger partial charge in [-0.15, -0.1) is 0 Å². The summed E-state index contributed by atoms with van der Waals surface area (Å²) in [7, 11) is 0. The van der Waals surface area contributed by atoms with Crippen molar-refractivity contribution >= 4 is 5.78 Å². The Balaban J connectivity index is 1.48. The number of rotatable bonds is 1. The van der Waals surface area contributed by atoms with Crippen molar-refractivity contribution in [3.8, 4) is 0 Å². The molecule has 0 saturated heterocycles. The Labute approximate surface area is 166 Å².